The molecule has 2 aromatic carbocycles. The van der Waals surface area contributed by atoms with Crippen molar-refractivity contribution in [1.29, 1.82) is 0 Å². The molecule has 0 radical (unpaired) electrons. The molecule has 1 aliphatic heterocycles. The fourth-order valence-corrected chi connectivity index (χ4v) is 4.71. The van der Waals surface area contributed by atoms with E-state index in [-0.39, 0.29) is 24.2 Å². The predicted molar refractivity (Wildman–Crippen MR) is 131 cm³/mol. The highest BCUT2D eigenvalue weighted by Crippen LogP contribution is 2.30. The zero-order valence-corrected chi connectivity index (χ0v) is 18.9. The largest absolute Gasteiger partial charge is 0.326 e. The van der Waals surface area contributed by atoms with Gasteiger partial charge in [0.1, 0.15) is 5.01 Å². The van der Waals surface area contributed by atoms with E-state index in [9.17, 15) is 9.59 Å². The van der Waals surface area contributed by atoms with Crippen molar-refractivity contribution in [2.45, 2.75) is 13.3 Å². The minimum Gasteiger partial charge on any atom is -0.326 e. The number of thiazole rings is 1. The lowest BCUT2D eigenvalue weighted by molar-refractivity contribution is -0.122. The topological polar surface area (TPSA) is 75.2 Å². The van der Waals surface area contributed by atoms with E-state index in [1.165, 1.54) is 0 Å². The Hall–Kier alpha value is -3.84. The van der Waals surface area contributed by atoms with E-state index in [2.05, 4.69) is 10.3 Å². The number of benzene rings is 2. The molecule has 4 aromatic rings. The van der Waals surface area contributed by atoms with Crippen molar-refractivity contribution < 1.29 is 9.59 Å². The molecule has 2 amide bonds. The van der Waals surface area contributed by atoms with E-state index in [0.717, 1.165) is 33.1 Å². The number of nitrogens with zero attached hydrogens (tertiary/aromatic N) is 3. The first-order valence-corrected chi connectivity index (χ1v) is 11.6. The highest BCUT2D eigenvalue weighted by atomic mass is 32.1. The molecule has 1 aliphatic rings. The van der Waals surface area contributed by atoms with Crippen molar-refractivity contribution in [3.63, 3.8) is 0 Å². The van der Waals surface area contributed by atoms with Gasteiger partial charge in [0.05, 0.1) is 11.6 Å². The Morgan fingerprint density at radius 1 is 1.09 bits per heavy atom. The Kier molecular flexibility index (Phi) is 5.71. The van der Waals surface area contributed by atoms with Crippen LogP contribution in [0.15, 0.2) is 78.4 Å². The van der Waals surface area contributed by atoms with Gasteiger partial charge >= 0.3 is 0 Å². The highest BCUT2D eigenvalue weighted by molar-refractivity contribution is 7.13. The lowest BCUT2D eigenvalue weighted by Gasteiger charge is -2.17. The Labute approximate surface area is 195 Å². The van der Waals surface area contributed by atoms with Gasteiger partial charge in [0.25, 0.3) is 0 Å². The molecule has 0 saturated carbocycles. The molecule has 5 rings (SSSR count). The number of carbonyl (C=O) groups is 2. The summed E-state index contributed by atoms with van der Waals surface area (Å²) < 4.78 is 0. The van der Waals surface area contributed by atoms with Crippen molar-refractivity contribution in [2.75, 3.05) is 16.8 Å². The van der Waals surface area contributed by atoms with Gasteiger partial charge in [0, 0.05) is 53.2 Å². The summed E-state index contributed by atoms with van der Waals surface area (Å²) in [6, 6.07) is 19.3. The van der Waals surface area contributed by atoms with Gasteiger partial charge in [-0.3, -0.25) is 14.6 Å². The zero-order valence-electron chi connectivity index (χ0n) is 18.1. The fraction of sp³-hybridized carbons (Fsp3) is 0.154. The van der Waals surface area contributed by atoms with Gasteiger partial charge in [-0.05, 0) is 43.3 Å². The maximum atomic E-state index is 12.9. The zero-order chi connectivity index (χ0) is 22.8. The van der Waals surface area contributed by atoms with Crippen LogP contribution in [0.4, 0.5) is 11.4 Å². The smallest absolute Gasteiger partial charge is 0.229 e. The first-order valence-electron chi connectivity index (χ1n) is 10.7. The quantitative estimate of drug-likeness (QED) is 0.451. The van der Waals surface area contributed by atoms with Crippen molar-refractivity contribution >= 4 is 34.5 Å². The lowest BCUT2D eigenvalue weighted by Crippen LogP contribution is -2.28. The first kappa shape index (κ1) is 21.0. The molecule has 1 N–H and O–H groups in total. The monoisotopic (exact) mass is 454 g/mol. The predicted octanol–water partition coefficient (Wildman–Crippen LogP) is 5.17. The number of nitrogens with one attached hydrogen (secondary N) is 1. The number of rotatable bonds is 5. The van der Waals surface area contributed by atoms with Crippen molar-refractivity contribution in [1.82, 2.24) is 9.97 Å². The number of anilines is 2. The second-order valence-corrected chi connectivity index (χ2v) is 8.95. The molecule has 1 saturated heterocycles. The minimum absolute atomic E-state index is 0.0295. The number of hydrogen-bond donors (Lipinski definition) is 1. The summed E-state index contributed by atoms with van der Waals surface area (Å²) in [7, 11) is 0. The Morgan fingerprint density at radius 2 is 1.91 bits per heavy atom. The molecule has 7 heteroatoms. The second-order valence-electron chi connectivity index (χ2n) is 8.09. The summed E-state index contributed by atoms with van der Waals surface area (Å²) in [6.07, 6.45) is 3.74. The molecule has 0 aliphatic carbocycles. The maximum absolute atomic E-state index is 12.9. The van der Waals surface area contributed by atoms with Gasteiger partial charge in [-0.15, -0.1) is 11.3 Å². The minimum atomic E-state index is -0.390. The number of aryl methyl sites for hydroxylation is 1. The Bertz CT molecular complexity index is 1300. The van der Waals surface area contributed by atoms with Crippen LogP contribution in [0.25, 0.3) is 21.8 Å². The number of pyridine rings is 1. The molecule has 33 heavy (non-hydrogen) atoms. The molecule has 164 valence electrons. The van der Waals surface area contributed by atoms with E-state index >= 15 is 0 Å². The molecule has 1 fully saturated rings. The second kappa shape index (κ2) is 8.96. The third-order valence-electron chi connectivity index (χ3n) is 5.68. The van der Waals surface area contributed by atoms with E-state index < -0.39 is 0 Å². The van der Waals surface area contributed by atoms with Crippen LogP contribution < -0.4 is 10.2 Å². The van der Waals surface area contributed by atoms with Crippen LogP contribution in [0, 0.1) is 12.8 Å². The normalized spacial score (nSPS) is 15.6. The molecule has 0 spiro atoms. The van der Waals surface area contributed by atoms with Gasteiger partial charge in [0.15, 0.2) is 0 Å². The molecule has 6 nitrogen and oxygen atoms in total. The van der Waals surface area contributed by atoms with Crippen molar-refractivity contribution in [3.8, 4) is 21.8 Å². The van der Waals surface area contributed by atoms with Crippen LogP contribution in [-0.4, -0.2) is 28.3 Å². The summed E-state index contributed by atoms with van der Waals surface area (Å²) in [6.45, 7) is 2.39. The van der Waals surface area contributed by atoms with Gasteiger partial charge < -0.3 is 10.2 Å². The molecule has 1 atom stereocenters. The summed E-state index contributed by atoms with van der Waals surface area (Å²) in [4.78, 5) is 36.0. The number of carbonyl (C=O) groups excluding carboxylic acids is 2. The van der Waals surface area contributed by atoms with Gasteiger partial charge in [0.2, 0.25) is 11.8 Å². The molecular weight excluding hydrogens is 432 g/mol. The SMILES string of the molecule is Cc1ccc(N2CC(C(=O)Nc3cccc(-c4csc(-c5cccnc5)n4)c3)CC2=O)cc1. The van der Waals surface area contributed by atoms with Crippen LogP contribution >= 0.6 is 11.3 Å². The van der Waals surface area contributed by atoms with Gasteiger partial charge in [-0.1, -0.05) is 29.8 Å². The molecule has 0 bridgehead atoms. The first-order chi connectivity index (χ1) is 16.1. The third kappa shape index (κ3) is 4.54. The third-order valence-corrected chi connectivity index (χ3v) is 6.57. The van der Waals surface area contributed by atoms with Crippen LogP contribution in [0.2, 0.25) is 0 Å². The van der Waals surface area contributed by atoms with E-state index in [1.54, 1.807) is 28.6 Å². The average Bonchev–Trinajstić information content (AvgIpc) is 3.48. The molecular formula is C26H22N4O2S. The molecule has 3 heterocycles. The van der Waals surface area contributed by atoms with E-state index in [0.29, 0.717) is 12.2 Å². The average molecular weight is 455 g/mol. The fourth-order valence-electron chi connectivity index (χ4n) is 3.89. The number of hydrogen-bond acceptors (Lipinski definition) is 5. The Morgan fingerprint density at radius 3 is 2.70 bits per heavy atom. The summed E-state index contributed by atoms with van der Waals surface area (Å²) in [5.41, 5.74) is 5.39. The highest BCUT2D eigenvalue weighted by Gasteiger charge is 2.35. The lowest BCUT2D eigenvalue weighted by atomic mass is 10.1. The number of aromatic nitrogens is 2. The van der Waals surface area contributed by atoms with Crippen LogP contribution in [0.3, 0.4) is 0 Å². The summed E-state index contributed by atoms with van der Waals surface area (Å²) >= 11 is 1.56. The van der Waals surface area contributed by atoms with Crippen LogP contribution in [0.1, 0.15) is 12.0 Å². The maximum Gasteiger partial charge on any atom is 0.229 e. The van der Waals surface area contributed by atoms with Gasteiger partial charge in [-0.25, -0.2) is 4.98 Å². The summed E-state index contributed by atoms with van der Waals surface area (Å²) in [5, 5.41) is 5.88. The number of amides is 2. The standard InChI is InChI=1S/C26H22N4O2S/c1-17-7-9-22(10-8-17)30-15-20(13-24(30)31)25(32)28-21-6-2-4-18(12-21)23-16-33-26(29-23)19-5-3-11-27-14-19/h2-12,14,16,20H,13,15H2,1H3,(H,28,32). The Balaban J connectivity index is 1.28. The summed E-state index contributed by atoms with van der Waals surface area (Å²) in [5.74, 6) is -0.568. The van der Waals surface area contributed by atoms with E-state index in [1.807, 2.05) is 73.0 Å². The molecule has 1 unspecified atom stereocenters. The van der Waals surface area contributed by atoms with Gasteiger partial charge in [-0.2, -0.15) is 0 Å². The van der Waals surface area contributed by atoms with Crippen LogP contribution in [0.5, 0.6) is 0 Å². The van der Waals surface area contributed by atoms with Crippen LogP contribution in [-0.2, 0) is 9.59 Å². The van der Waals surface area contributed by atoms with Crippen molar-refractivity contribution in [3.05, 3.63) is 84.0 Å². The molecule has 2 aromatic heterocycles. The van der Waals surface area contributed by atoms with E-state index in [4.69, 9.17) is 4.98 Å². The van der Waals surface area contributed by atoms with Crippen molar-refractivity contribution in [2.24, 2.45) is 5.92 Å².